The van der Waals surface area contributed by atoms with Crippen molar-refractivity contribution in [2.24, 2.45) is 17.8 Å². The van der Waals surface area contributed by atoms with Crippen molar-refractivity contribution in [1.82, 2.24) is 25.4 Å². The minimum absolute atomic E-state index is 0.0505. The number of rotatable bonds is 23. The number of nitrogens with one attached hydrogen (secondary N) is 2. The lowest BCUT2D eigenvalue weighted by molar-refractivity contribution is -0.151. The van der Waals surface area contributed by atoms with E-state index in [-0.39, 0.29) is 54.8 Å². The van der Waals surface area contributed by atoms with Crippen molar-refractivity contribution in [2.45, 2.75) is 130 Å². The van der Waals surface area contributed by atoms with Gasteiger partial charge in [0.05, 0.1) is 18.0 Å². The zero-order valence-electron chi connectivity index (χ0n) is 35.5. The summed E-state index contributed by atoms with van der Waals surface area (Å²) < 4.78 is 11.9. The van der Waals surface area contributed by atoms with Gasteiger partial charge in [0.1, 0.15) is 29.2 Å². The van der Waals surface area contributed by atoms with Crippen molar-refractivity contribution in [2.75, 3.05) is 26.9 Å². The number of phenols is 1. The highest BCUT2D eigenvalue weighted by molar-refractivity contribution is 7.09. The van der Waals surface area contributed by atoms with Crippen LogP contribution in [-0.4, -0.2) is 106 Å². The van der Waals surface area contributed by atoms with Gasteiger partial charge in [0.15, 0.2) is 6.10 Å². The number of phenolic OH excluding ortho intramolecular Hbond substituents is 1. The molecule has 0 saturated carbocycles. The number of carbonyl (C=O) groups excluding carboxylic acids is 4. The molecule has 1 unspecified atom stereocenters. The first-order valence-corrected chi connectivity index (χ1v) is 21.3. The number of nitrogens with zero attached hydrogens (tertiary/aromatic N) is 3. The van der Waals surface area contributed by atoms with E-state index in [9.17, 15) is 34.2 Å². The maximum absolute atomic E-state index is 14.8. The molecule has 0 spiro atoms. The summed E-state index contributed by atoms with van der Waals surface area (Å²) in [5.74, 6) is -3.15. The highest BCUT2D eigenvalue weighted by Gasteiger charge is 2.38. The van der Waals surface area contributed by atoms with E-state index >= 15 is 0 Å². The zero-order valence-corrected chi connectivity index (χ0v) is 36.3. The second kappa shape index (κ2) is 23.3. The van der Waals surface area contributed by atoms with Gasteiger partial charge in [-0.25, -0.2) is 4.98 Å². The van der Waals surface area contributed by atoms with Crippen LogP contribution in [0.15, 0.2) is 41.8 Å². The topological polar surface area (TPSA) is 188 Å². The number of thiazole rings is 1. The van der Waals surface area contributed by atoms with E-state index in [1.165, 1.54) is 19.1 Å². The Morgan fingerprint density at radius 2 is 1.74 bits per heavy atom. The molecule has 0 radical (unpaired) electrons. The molecular weight excluding hydrogens is 763 g/mol. The van der Waals surface area contributed by atoms with Gasteiger partial charge in [0, 0.05) is 31.4 Å². The van der Waals surface area contributed by atoms with Crippen molar-refractivity contribution < 1.29 is 43.7 Å². The predicted molar refractivity (Wildman–Crippen MR) is 223 cm³/mol. The highest BCUT2D eigenvalue weighted by Crippen LogP contribution is 2.31. The number of aromatic hydroxyl groups is 1. The molecule has 3 rings (SSSR count). The Morgan fingerprint density at radius 1 is 1.05 bits per heavy atom. The quantitative estimate of drug-likeness (QED) is 0.0439. The molecule has 1 fully saturated rings. The predicted octanol–water partition coefficient (Wildman–Crippen LogP) is 6.10. The molecule has 58 heavy (non-hydrogen) atoms. The monoisotopic (exact) mass is 827 g/mol. The maximum atomic E-state index is 14.8. The van der Waals surface area contributed by atoms with Gasteiger partial charge in [-0.1, -0.05) is 71.7 Å². The number of hydrogen-bond donors (Lipinski definition) is 4. The molecular formula is C43H65N5O9S. The molecule has 1 aromatic carbocycles. The van der Waals surface area contributed by atoms with E-state index in [2.05, 4.69) is 36.0 Å². The third kappa shape index (κ3) is 14.8. The van der Waals surface area contributed by atoms with Crippen LogP contribution in [0.3, 0.4) is 0 Å². The van der Waals surface area contributed by atoms with Crippen molar-refractivity contribution in [3.05, 3.63) is 58.1 Å². The summed E-state index contributed by atoms with van der Waals surface area (Å²) >= 11 is 1.12. The molecule has 3 amide bonds. The Labute approximate surface area is 347 Å². The Balaban J connectivity index is 1.94. The summed E-state index contributed by atoms with van der Waals surface area (Å²) in [5.41, 5.74) is 1.45. The largest absolute Gasteiger partial charge is 0.508 e. The normalized spacial score (nSPS) is 17.6. The molecule has 2 heterocycles. The van der Waals surface area contributed by atoms with Crippen LogP contribution in [0.4, 0.5) is 0 Å². The number of piperidine rings is 1. The minimum atomic E-state index is -0.996. The number of aliphatic carboxylic acids is 1. The van der Waals surface area contributed by atoms with E-state index in [4.69, 9.17) is 9.47 Å². The lowest BCUT2D eigenvalue weighted by atomic mass is 9.94. The van der Waals surface area contributed by atoms with Gasteiger partial charge in [-0.2, -0.15) is 0 Å². The molecule has 0 aliphatic carbocycles. The van der Waals surface area contributed by atoms with Gasteiger partial charge in [-0.15, -0.1) is 11.3 Å². The number of carbonyl (C=O) groups is 5. The van der Waals surface area contributed by atoms with E-state index < -0.39 is 48.0 Å². The SMILES string of the molecule is C=C(C)[C@@H](C[C@@H](OC(C)=O)c1nc(C(=O)N[C@@H](Cc2ccc(O)cc2)C[C@H](C)C(=O)O)cs1)N(COCCC(C)C)C(=O)[C@@H](NC(=O)[C@H]1CCCCN1C)C(C)CC. The molecule has 7 atom stereocenters. The number of likely N-dealkylation sites (N-methyl/N-ethyl adjacent to an activating group) is 1. The zero-order chi connectivity index (χ0) is 43.1. The van der Waals surface area contributed by atoms with Gasteiger partial charge in [0.25, 0.3) is 5.91 Å². The number of carboxylic acids is 1. The van der Waals surface area contributed by atoms with Crippen LogP contribution >= 0.6 is 11.3 Å². The molecule has 0 bridgehead atoms. The summed E-state index contributed by atoms with van der Waals surface area (Å²) in [7, 11) is 1.92. The molecule has 1 saturated heterocycles. The second-order valence-corrected chi connectivity index (χ2v) is 17.1. The highest BCUT2D eigenvalue weighted by atomic mass is 32.1. The summed E-state index contributed by atoms with van der Waals surface area (Å²) in [4.78, 5) is 74.6. The fraction of sp³-hybridized carbons (Fsp3) is 0.628. The molecule has 1 aliphatic rings. The first kappa shape index (κ1) is 48.0. The lowest BCUT2D eigenvalue weighted by Crippen LogP contribution is -2.58. The first-order valence-electron chi connectivity index (χ1n) is 20.4. The van der Waals surface area contributed by atoms with Crippen molar-refractivity contribution >= 4 is 41.0 Å². The van der Waals surface area contributed by atoms with E-state index in [1.807, 2.05) is 25.8 Å². The fourth-order valence-electron chi connectivity index (χ4n) is 6.94. The maximum Gasteiger partial charge on any atom is 0.306 e. The molecule has 322 valence electrons. The summed E-state index contributed by atoms with van der Waals surface area (Å²) in [6.07, 6.45) is 3.57. The van der Waals surface area contributed by atoms with Crippen LogP contribution in [-0.2, 0) is 35.1 Å². The van der Waals surface area contributed by atoms with Crippen LogP contribution in [0.2, 0.25) is 0 Å². The number of ether oxygens (including phenoxy) is 2. The van der Waals surface area contributed by atoms with Gasteiger partial charge in [-0.05, 0) is 82.2 Å². The van der Waals surface area contributed by atoms with Gasteiger partial charge < -0.3 is 35.2 Å². The van der Waals surface area contributed by atoms with Crippen LogP contribution < -0.4 is 10.6 Å². The van der Waals surface area contributed by atoms with Gasteiger partial charge in [-0.3, -0.25) is 28.9 Å². The van der Waals surface area contributed by atoms with Crippen LogP contribution in [0.5, 0.6) is 5.75 Å². The number of carboxylic acid groups (broad SMARTS) is 1. The first-order chi connectivity index (χ1) is 27.4. The third-order valence-electron chi connectivity index (χ3n) is 10.7. The molecule has 2 aromatic rings. The Kier molecular flexibility index (Phi) is 19.3. The number of aromatic nitrogens is 1. The average Bonchev–Trinajstić information content (AvgIpc) is 3.66. The third-order valence-corrected chi connectivity index (χ3v) is 11.7. The van der Waals surface area contributed by atoms with E-state index in [0.29, 0.717) is 42.4 Å². The van der Waals surface area contributed by atoms with Crippen LogP contribution in [0.1, 0.15) is 121 Å². The summed E-state index contributed by atoms with van der Waals surface area (Å²) in [6.45, 7) is 18.0. The van der Waals surface area contributed by atoms with Gasteiger partial charge in [0.2, 0.25) is 11.8 Å². The Morgan fingerprint density at radius 3 is 2.33 bits per heavy atom. The Hall–Kier alpha value is -4.34. The smallest absolute Gasteiger partial charge is 0.306 e. The van der Waals surface area contributed by atoms with Gasteiger partial charge >= 0.3 is 11.9 Å². The van der Waals surface area contributed by atoms with E-state index in [1.54, 1.807) is 36.3 Å². The summed E-state index contributed by atoms with van der Waals surface area (Å²) in [5, 5.41) is 27.2. The van der Waals surface area contributed by atoms with Crippen LogP contribution in [0.25, 0.3) is 0 Å². The lowest BCUT2D eigenvalue weighted by Gasteiger charge is -2.38. The molecule has 1 aliphatic heterocycles. The molecule has 15 heteroatoms. The van der Waals surface area contributed by atoms with Crippen molar-refractivity contribution in [1.29, 1.82) is 0 Å². The molecule has 4 N–H and O–H groups in total. The number of esters is 1. The molecule has 1 aromatic heterocycles. The number of benzene rings is 1. The van der Waals surface area contributed by atoms with Crippen molar-refractivity contribution in [3.8, 4) is 5.75 Å². The standard InChI is InChI=1S/C43H65N5O9S/c1-10-28(6)38(46-40(52)35-13-11-12-19-47(35)9)42(53)48(25-56-20-18-26(2)3)36(27(4)5)23-37(57-30(8)49)41-45-34(24-58-41)39(51)44-32(21-29(7)43(54)55)22-31-14-16-33(50)17-15-31/h14-17,24,26,28-29,32,35-38,50H,4,10-13,18-23,25H2,1-3,5-9H3,(H,44,51)(H,46,52)(H,54,55)/t28?,29-,32+,35+,36+,37+,38-/m0/s1. The molecule has 14 nitrogen and oxygen atoms in total. The minimum Gasteiger partial charge on any atom is -0.508 e. The van der Waals surface area contributed by atoms with Crippen LogP contribution in [0, 0.1) is 17.8 Å². The Bertz CT molecular complexity index is 1680. The summed E-state index contributed by atoms with van der Waals surface area (Å²) in [6, 6.07) is 3.98. The average molecular weight is 828 g/mol. The number of amides is 3. The number of likely N-dealkylation sites (tertiary alicyclic amines) is 1. The van der Waals surface area contributed by atoms with Crippen molar-refractivity contribution in [3.63, 3.8) is 0 Å². The number of hydrogen-bond acceptors (Lipinski definition) is 11. The second-order valence-electron chi connectivity index (χ2n) is 16.2. The van der Waals surface area contributed by atoms with E-state index in [0.717, 1.165) is 42.7 Å². The fourth-order valence-corrected chi connectivity index (χ4v) is 7.78.